The molecule has 0 atom stereocenters. The molecule has 0 bridgehead atoms. The smallest absolute Gasteiger partial charge is 0.405 e. The van der Waals surface area contributed by atoms with E-state index in [0.717, 1.165) is 0 Å². The maximum Gasteiger partial charge on any atom is 0.405 e. The molecule has 0 spiro atoms. The van der Waals surface area contributed by atoms with E-state index in [0.29, 0.717) is 10.9 Å². The molecule has 12 heteroatoms. The molecule has 0 aliphatic carbocycles. The molecule has 110 valence electrons. The third-order valence-electron chi connectivity index (χ3n) is 1.93. The highest BCUT2D eigenvalue weighted by Crippen LogP contribution is 2.16. The summed E-state index contributed by atoms with van der Waals surface area (Å²) >= 11 is 0. The molecule has 0 fully saturated rings. The fourth-order valence-electron chi connectivity index (χ4n) is 1.18. The van der Waals surface area contributed by atoms with Crippen LogP contribution in [0.2, 0.25) is 0 Å². The van der Waals surface area contributed by atoms with Crippen molar-refractivity contribution in [1.29, 1.82) is 0 Å². The second-order valence-electron chi connectivity index (χ2n) is 3.51. The molecular weight excluding hydrogens is 289 g/mol. The molecule has 0 aromatic carbocycles. The summed E-state index contributed by atoms with van der Waals surface area (Å²) in [5, 5.41) is 23.9. The summed E-state index contributed by atoms with van der Waals surface area (Å²) in [7, 11) is 0. The second kappa shape index (κ2) is 5.54. The molecule has 1 rings (SSSR count). The van der Waals surface area contributed by atoms with Crippen LogP contribution in [0.25, 0.3) is 0 Å². The van der Waals surface area contributed by atoms with Gasteiger partial charge < -0.3 is 10.4 Å². The first-order valence-electron chi connectivity index (χ1n) is 4.88. The fraction of sp³-hybridized carbons (Fsp3) is 0.375. The van der Waals surface area contributed by atoms with Crippen molar-refractivity contribution < 1.29 is 32.8 Å². The maximum atomic E-state index is 11.8. The topological polar surface area (TPSA) is 127 Å². The van der Waals surface area contributed by atoms with Gasteiger partial charge in [0.2, 0.25) is 11.6 Å². The Morgan fingerprint density at radius 1 is 1.50 bits per heavy atom. The molecule has 2 N–H and O–H groups in total. The molecule has 0 aliphatic rings. The summed E-state index contributed by atoms with van der Waals surface area (Å²) < 4.78 is 36.1. The van der Waals surface area contributed by atoms with Crippen molar-refractivity contribution in [2.24, 2.45) is 0 Å². The normalized spacial score (nSPS) is 11.2. The number of alkyl halides is 3. The molecule has 0 aliphatic heterocycles. The van der Waals surface area contributed by atoms with Crippen LogP contribution in [-0.2, 0) is 11.3 Å². The summed E-state index contributed by atoms with van der Waals surface area (Å²) in [5.74, 6) is -2.80. The van der Waals surface area contributed by atoms with E-state index in [9.17, 15) is 32.9 Å². The van der Waals surface area contributed by atoms with E-state index in [-0.39, 0.29) is 0 Å². The largest absolute Gasteiger partial charge is 0.476 e. The first-order chi connectivity index (χ1) is 9.10. The van der Waals surface area contributed by atoms with Crippen LogP contribution < -0.4 is 5.32 Å². The van der Waals surface area contributed by atoms with Crippen molar-refractivity contribution >= 4 is 17.6 Å². The van der Waals surface area contributed by atoms with E-state index >= 15 is 0 Å². The Hall–Kier alpha value is -2.66. The minimum Gasteiger partial charge on any atom is -0.476 e. The summed E-state index contributed by atoms with van der Waals surface area (Å²) in [4.78, 5) is 31.3. The van der Waals surface area contributed by atoms with Crippen molar-refractivity contribution in [2.75, 3.05) is 6.54 Å². The van der Waals surface area contributed by atoms with Crippen LogP contribution in [0, 0.1) is 10.1 Å². The number of halogens is 3. The van der Waals surface area contributed by atoms with Gasteiger partial charge in [0.15, 0.2) is 0 Å². The van der Waals surface area contributed by atoms with Gasteiger partial charge in [-0.25, -0.2) is 4.79 Å². The first kappa shape index (κ1) is 15.4. The van der Waals surface area contributed by atoms with E-state index in [1.807, 2.05) is 0 Å². The lowest BCUT2D eigenvalue weighted by Gasteiger charge is -2.07. The Labute approximate surface area is 108 Å². The summed E-state index contributed by atoms with van der Waals surface area (Å²) in [5.41, 5.74) is -1.76. The molecular formula is C8H7F3N4O5. The van der Waals surface area contributed by atoms with Crippen LogP contribution in [0.1, 0.15) is 10.5 Å². The number of rotatable bonds is 5. The molecule has 1 aromatic rings. The molecule has 0 saturated heterocycles. The van der Waals surface area contributed by atoms with Gasteiger partial charge in [0, 0.05) is 0 Å². The summed E-state index contributed by atoms with van der Waals surface area (Å²) in [6.07, 6.45) is -3.95. The van der Waals surface area contributed by atoms with Crippen LogP contribution in [0.5, 0.6) is 0 Å². The number of nitrogens with one attached hydrogen (secondary N) is 1. The van der Waals surface area contributed by atoms with Gasteiger partial charge in [-0.15, -0.1) is 0 Å². The molecule has 1 heterocycles. The van der Waals surface area contributed by atoms with Crippen molar-refractivity contribution in [2.45, 2.75) is 12.7 Å². The van der Waals surface area contributed by atoms with Gasteiger partial charge in [0.1, 0.15) is 19.3 Å². The molecule has 0 radical (unpaired) electrons. The number of carbonyl (C=O) groups excluding carboxylic acids is 1. The monoisotopic (exact) mass is 296 g/mol. The first-order valence-corrected chi connectivity index (χ1v) is 4.88. The number of carboxylic acids is 1. The number of hydrogen-bond donors (Lipinski definition) is 2. The van der Waals surface area contributed by atoms with E-state index in [1.165, 1.54) is 5.32 Å². The van der Waals surface area contributed by atoms with Crippen LogP contribution in [0.4, 0.5) is 18.9 Å². The highest BCUT2D eigenvalue weighted by Gasteiger charge is 2.29. The van der Waals surface area contributed by atoms with Gasteiger partial charge in [-0.1, -0.05) is 0 Å². The Morgan fingerprint density at radius 2 is 2.10 bits per heavy atom. The number of nitro groups is 1. The Bertz CT molecular complexity index is 521. The maximum absolute atomic E-state index is 11.8. The predicted octanol–water partition coefficient (Wildman–Crippen LogP) is 0.168. The zero-order valence-electron chi connectivity index (χ0n) is 9.55. The van der Waals surface area contributed by atoms with Crippen LogP contribution in [0.3, 0.4) is 0 Å². The average molecular weight is 296 g/mol. The Balaban J connectivity index is 2.78. The SMILES string of the molecule is O=C(Cn1cc([N+](=O)[O-])c(C(=O)O)n1)NCC(F)(F)F. The Morgan fingerprint density at radius 3 is 2.50 bits per heavy atom. The number of amides is 1. The molecule has 1 aromatic heterocycles. The molecule has 0 unspecified atom stereocenters. The number of hydrogen-bond acceptors (Lipinski definition) is 5. The highest BCUT2D eigenvalue weighted by atomic mass is 19.4. The van der Waals surface area contributed by atoms with E-state index in [4.69, 9.17) is 5.11 Å². The van der Waals surface area contributed by atoms with Crippen LogP contribution in [0.15, 0.2) is 6.20 Å². The van der Waals surface area contributed by atoms with Crippen LogP contribution >= 0.6 is 0 Å². The van der Waals surface area contributed by atoms with Gasteiger partial charge in [-0.3, -0.25) is 19.6 Å². The van der Waals surface area contributed by atoms with Crippen molar-refractivity contribution in [3.8, 4) is 0 Å². The van der Waals surface area contributed by atoms with Crippen molar-refractivity contribution in [1.82, 2.24) is 15.1 Å². The average Bonchev–Trinajstić information content (AvgIpc) is 2.69. The minimum atomic E-state index is -4.60. The van der Waals surface area contributed by atoms with Gasteiger partial charge >= 0.3 is 17.8 Å². The van der Waals surface area contributed by atoms with Crippen molar-refractivity contribution in [3.05, 3.63) is 22.0 Å². The third-order valence-corrected chi connectivity index (χ3v) is 1.93. The fourth-order valence-corrected chi connectivity index (χ4v) is 1.18. The number of carboxylic acid groups (broad SMARTS) is 1. The highest BCUT2D eigenvalue weighted by molar-refractivity contribution is 5.90. The van der Waals surface area contributed by atoms with E-state index < -0.39 is 47.4 Å². The summed E-state index contributed by atoms with van der Waals surface area (Å²) in [6, 6.07) is 0. The predicted molar refractivity (Wildman–Crippen MR) is 54.9 cm³/mol. The van der Waals surface area contributed by atoms with Gasteiger partial charge in [-0.05, 0) is 0 Å². The number of aromatic carboxylic acids is 1. The zero-order valence-corrected chi connectivity index (χ0v) is 9.55. The van der Waals surface area contributed by atoms with Gasteiger partial charge in [-0.2, -0.15) is 18.3 Å². The molecule has 0 saturated carbocycles. The third kappa shape index (κ3) is 4.22. The number of aromatic nitrogens is 2. The van der Waals surface area contributed by atoms with E-state index in [1.54, 1.807) is 0 Å². The minimum absolute atomic E-state index is 0.577. The number of nitrogens with zero attached hydrogens (tertiary/aromatic N) is 3. The van der Waals surface area contributed by atoms with Crippen molar-refractivity contribution in [3.63, 3.8) is 0 Å². The lowest BCUT2D eigenvalue weighted by molar-refractivity contribution is -0.385. The summed E-state index contributed by atoms with van der Waals surface area (Å²) in [6.45, 7) is -2.34. The molecule has 20 heavy (non-hydrogen) atoms. The van der Waals surface area contributed by atoms with Gasteiger partial charge in [0.25, 0.3) is 0 Å². The Kier molecular flexibility index (Phi) is 4.27. The lowest BCUT2D eigenvalue weighted by Crippen LogP contribution is -2.35. The van der Waals surface area contributed by atoms with E-state index in [2.05, 4.69) is 5.10 Å². The molecule has 1 amide bonds. The lowest BCUT2D eigenvalue weighted by atomic mass is 10.4. The quantitative estimate of drug-likeness (QED) is 0.588. The number of carbonyl (C=O) groups is 2. The standard InChI is InChI=1S/C8H7F3N4O5/c9-8(10,11)3-12-5(16)2-14-1-4(15(19)20)6(13-14)7(17)18/h1H,2-3H2,(H,12,16)(H,17,18). The van der Waals surface area contributed by atoms with Crippen LogP contribution in [-0.4, -0.2) is 44.4 Å². The zero-order chi connectivity index (χ0) is 15.5. The molecule has 9 nitrogen and oxygen atoms in total. The second-order valence-corrected chi connectivity index (χ2v) is 3.51. The van der Waals surface area contributed by atoms with Gasteiger partial charge in [0.05, 0.1) is 4.92 Å².